The summed E-state index contributed by atoms with van der Waals surface area (Å²) in [5.74, 6) is 0.418. The maximum atomic E-state index is 12.8. The zero-order valence-corrected chi connectivity index (χ0v) is 17.0. The molecule has 0 heterocycles. The highest BCUT2D eigenvalue weighted by Crippen LogP contribution is 2.29. The van der Waals surface area contributed by atoms with E-state index < -0.39 is 15.9 Å². The highest BCUT2D eigenvalue weighted by atomic mass is 35.5. The van der Waals surface area contributed by atoms with Crippen LogP contribution in [0.4, 0.5) is 5.69 Å². The number of ether oxygens (including phenoxy) is 2. The van der Waals surface area contributed by atoms with Crippen molar-refractivity contribution in [3.05, 3.63) is 47.5 Å². The molecule has 9 heteroatoms. The molecule has 27 heavy (non-hydrogen) atoms. The molecule has 0 aliphatic rings. The van der Waals surface area contributed by atoms with E-state index in [9.17, 15) is 13.2 Å². The third-order valence-electron chi connectivity index (χ3n) is 4.01. The van der Waals surface area contributed by atoms with Crippen molar-refractivity contribution in [1.82, 2.24) is 4.31 Å². The second-order valence-corrected chi connectivity index (χ2v) is 8.16. The van der Waals surface area contributed by atoms with Gasteiger partial charge in [-0.1, -0.05) is 11.6 Å². The molecule has 0 saturated carbocycles. The number of halogens is 1. The summed E-state index contributed by atoms with van der Waals surface area (Å²) in [4.78, 5) is 13.8. The predicted octanol–water partition coefficient (Wildman–Crippen LogP) is 2.64. The molecule has 0 spiro atoms. The molecule has 0 radical (unpaired) electrons. The van der Waals surface area contributed by atoms with Gasteiger partial charge in [-0.2, -0.15) is 4.31 Å². The van der Waals surface area contributed by atoms with Gasteiger partial charge in [0, 0.05) is 24.8 Å². The Balaban J connectivity index is 2.20. The Hall–Kier alpha value is -2.29. The van der Waals surface area contributed by atoms with Crippen molar-refractivity contribution in [1.29, 1.82) is 0 Å². The van der Waals surface area contributed by atoms with Gasteiger partial charge in [0.05, 0.1) is 20.8 Å². The summed E-state index contributed by atoms with van der Waals surface area (Å²) in [6.07, 6.45) is 0. The number of carbonyl (C=O) groups excluding carboxylic acids is 1. The monoisotopic (exact) mass is 412 g/mol. The van der Waals surface area contributed by atoms with Crippen molar-refractivity contribution in [3.63, 3.8) is 0 Å². The third-order valence-corrected chi connectivity index (χ3v) is 6.07. The van der Waals surface area contributed by atoms with E-state index in [4.69, 9.17) is 21.1 Å². The standard InChI is InChI=1S/C18H21ClN2O5S/c1-20(27(23,24)17-11-13(19)5-10-16(17)26-4)12-18(22)21(2)14-6-8-15(25-3)9-7-14/h5-11H,12H2,1-4H3. The molecule has 0 atom stereocenters. The SMILES string of the molecule is COc1ccc(N(C)C(=O)CN(C)S(=O)(=O)c2cc(Cl)ccc2OC)cc1. The second-order valence-electron chi connectivity index (χ2n) is 5.71. The van der Waals surface area contributed by atoms with Crippen LogP contribution in [0, 0.1) is 0 Å². The summed E-state index contributed by atoms with van der Waals surface area (Å²) < 4.78 is 36.8. The largest absolute Gasteiger partial charge is 0.497 e. The highest BCUT2D eigenvalue weighted by molar-refractivity contribution is 7.89. The molecule has 0 bridgehead atoms. The molecule has 0 fully saturated rings. The summed E-state index contributed by atoms with van der Waals surface area (Å²) in [7, 11) is 1.85. The first-order valence-electron chi connectivity index (χ1n) is 7.91. The lowest BCUT2D eigenvalue weighted by Gasteiger charge is -2.23. The molecule has 0 aliphatic carbocycles. The molecule has 2 aromatic carbocycles. The zero-order valence-electron chi connectivity index (χ0n) is 15.5. The summed E-state index contributed by atoms with van der Waals surface area (Å²) in [5.41, 5.74) is 0.618. The van der Waals surface area contributed by atoms with Crippen molar-refractivity contribution in [2.45, 2.75) is 4.90 Å². The Labute approximate surface area is 164 Å². The minimum atomic E-state index is -3.97. The number of rotatable bonds is 7. The number of likely N-dealkylation sites (N-methyl/N-ethyl adjacent to an activating group) is 2. The number of nitrogens with zero attached hydrogens (tertiary/aromatic N) is 2. The van der Waals surface area contributed by atoms with Crippen LogP contribution in [0.5, 0.6) is 11.5 Å². The van der Waals surface area contributed by atoms with Gasteiger partial charge < -0.3 is 14.4 Å². The van der Waals surface area contributed by atoms with Gasteiger partial charge in [-0.15, -0.1) is 0 Å². The number of sulfonamides is 1. The van der Waals surface area contributed by atoms with Crippen molar-refractivity contribution in [2.75, 3.05) is 39.8 Å². The molecule has 7 nitrogen and oxygen atoms in total. The van der Waals surface area contributed by atoms with Crippen LogP contribution in [0.2, 0.25) is 5.02 Å². The Morgan fingerprint density at radius 3 is 2.22 bits per heavy atom. The van der Waals surface area contributed by atoms with Crippen LogP contribution < -0.4 is 14.4 Å². The van der Waals surface area contributed by atoms with E-state index in [1.165, 1.54) is 37.3 Å². The number of hydrogen-bond acceptors (Lipinski definition) is 5. The van der Waals surface area contributed by atoms with Crippen LogP contribution in [-0.2, 0) is 14.8 Å². The first kappa shape index (κ1) is 21.0. The van der Waals surface area contributed by atoms with E-state index in [1.807, 2.05) is 0 Å². The van der Waals surface area contributed by atoms with Gasteiger partial charge in [0.2, 0.25) is 15.9 Å². The van der Waals surface area contributed by atoms with Gasteiger partial charge >= 0.3 is 0 Å². The van der Waals surface area contributed by atoms with Crippen LogP contribution in [0.1, 0.15) is 0 Å². The van der Waals surface area contributed by atoms with Crippen molar-refractivity contribution in [2.24, 2.45) is 0 Å². The fraction of sp³-hybridized carbons (Fsp3) is 0.278. The summed E-state index contributed by atoms with van der Waals surface area (Å²) in [6.45, 7) is -0.347. The van der Waals surface area contributed by atoms with Crippen LogP contribution in [0.15, 0.2) is 47.4 Å². The lowest BCUT2D eigenvalue weighted by atomic mass is 10.3. The first-order chi connectivity index (χ1) is 12.7. The smallest absolute Gasteiger partial charge is 0.247 e. The van der Waals surface area contributed by atoms with Crippen molar-refractivity contribution in [3.8, 4) is 11.5 Å². The van der Waals surface area contributed by atoms with Gasteiger partial charge in [-0.3, -0.25) is 4.79 Å². The molecule has 0 saturated heterocycles. The number of amides is 1. The fourth-order valence-corrected chi connectivity index (χ4v) is 3.89. The highest BCUT2D eigenvalue weighted by Gasteiger charge is 2.28. The molecule has 146 valence electrons. The summed E-state index contributed by atoms with van der Waals surface area (Å²) in [5, 5.41) is 0.254. The van der Waals surface area contributed by atoms with E-state index in [0.717, 1.165) is 4.31 Å². The van der Waals surface area contributed by atoms with Crippen LogP contribution in [0.25, 0.3) is 0 Å². The minimum Gasteiger partial charge on any atom is -0.497 e. The van der Waals surface area contributed by atoms with E-state index in [-0.39, 0.29) is 22.2 Å². The van der Waals surface area contributed by atoms with Gasteiger partial charge in [0.15, 0.2) is 0 Å². The second kappa shape index (κ2) is 8.60. The van der Waals surface area contributed by atoms with E-state index in [2.05, 4.69) is 0 Å². The quantitative estimate of drug-likeness (QED) is 0.698. The zero-order chi connectivity index (χ0) is 20.2. The van der Waals surface area contributed by atoms with Crippen LogP contribution in [-0.4, -0.2) is 53.5 Å². The summed E-state index contributed by atoms with van der Waals surface area (Å²) >= 11 is 5.92. The Morgan fingerprint density at radius 1 is 1.04 bits per heavy atom. The van der Waals surface area contributed by atoms with Gasteiger partial charge in [-0.05, 0) is 42.5 Å². The summed E-state index contributed by atoms with van der Waals surface area (Å²) in [6, 6.07) is 11.2. The molecule has 0 aromatic heterocycles. The maximum Gasteiger partial charge on any atom is 0.247 e. The fourth-order valence-electron chi connectivity index (χ4n) is 2.35. The number of benzene rings is 2. The number of methoxy groups -OCH3 is 2. The lowest BCUT2D eigenvalue weighted by molar-refractivity contribution is -0.118. The van der Waals surface area contributed by atoms with Gasteiger partial charge in [-0.25, -0.2) is 8.42 Å². The Morgan fingerprint density at radius 2 is 1.67 bits per heavy atom. The van der Waals surface area contributed by atoms with Gasteiger partial charge in [0.25, 0.3) is 0 Å². The molecular weight excluding hydrogens is 392 g/mol. The molecule has 2 aromatic rings. The molecular formula is C18H21ClN2O5S. The Bertz CT molecular complexity index is 916. The minimum absolute atomic E-state index is 0.0973. The van der Waals surface area contributed by atoms with Crippen molar-refractivity contribution < 1.29 is 22.7 Å². The number of hydrogen-bond donors (Lipinski definition) is 0. The molecule has 0 N–H and O–H groups in total. The molecule has 0 aliphatic heterocycles. The first-order valence-corrected chi connectivity index (χ1v) is 9.73. The average Bonchev–Trinajstić information content (AvgIpc) is 2.67. The van der Waals surface area contributed by atoms with E-state index in [0.29, 0.717) is 11.4 Å². The predicted molar refractivity (Wildman–Crippen MR) is 104 cm³/mol. The van der Waals surface area contributed by atoms with E-state index >= 15 is 0 Å². The van der Waals surface area contributed by atoms with Crippen LogP contribution >= 0.6 is 11.6 Å². The lowest BCUT2D eigenvalue weighted by Crippen LogP contribution is -2.39. The number of carbonyl (C=O) groups is 1. The van der Waals surface area contributed by atoms with Crippen LogP contribution in [0.3, 0.4) is 0 Å². The average molecular weight is 413 g/mol. The molecule has 2 rings (SSSR count). The third kappa shape index (κ3) is 4.71. The topological polar surface area (TPSA) is 76.2 Å². The molecule has 1 amide bonds. The normalized spacial score (nSPS) is 11.3. The molecule has 0 unspecified atom stereocenters. The van der Waals surface area contributed by atoms with Gasteiger partial charge in [0.1, 0.15) is 16.4 Å². The Kier molecular flexibility index (Phi) is 6.69. The number of anilines is 1. The van der Waals surface area contributed by atoms with Crippen molar-refractivity contribution >= 4 is 33.2 Å². The maximum absolute atomic E-state index is 12.8. The van der Waals surface area contributed by atoms with E-state index in [1.54, 1.807) is 38.4 Å².